The molecule has 6 nitrogen and oxygen atoms in total. The normalized spacial score (nSPS) is 14.7. The molecule has 1 aliphatic rings. The van der Waals surface area contributed by atoms with Crippen LogP contribution in [0.4, 0.5) is 4.79 Å². The molecule has 2 aromatic carbocycles. The lowest BCUT2D eigenvalue weighted by Gasteiger charge is -2.22. The third kappa shape index (κ3) is 4.86. The maximum atomic E-state index is 11.9. The van der Waals surface area contributed by atoms with Crippen molar-refractivity contribution in [2.24, 2.45) is 0 Å². The van der Waals surface area contributed by atoms with Crippen molar-refractivity contribution in [3.05, 3.63) is 42.5 Å². The summed E-state index contributed by atoms with van der Waals surface area (Å²) in [6, 6.07) is 13.3. The maximum absolute atomic E-state index is 11.9. The fourth-order valence-corrected chi connectivity index (χ4v) is 3.10. The van der Waals surface area contributed by atoms with Gasteiger partial charge in [-0.25, -0.2) is 10.2 Å². The molecule has 3 N–H and O–H groups in total. The van der Waals surface area contributed by atoms with Gasteiger partial charge in [-0.1, -0.05) is 55.7 Å². The summed E-state index contributed by atoms with van der Waals surface area (Å²) in [5.74, 6) is 0.228. The first kappa shape index (κ1) is 17.1. The molecule has 0 atom stereocenters. The van der Waals surface area contributed by atoms with Gasteiger partial charge in [0.25, 0.3) is 5.91 Å². The van der Waals surface area contributed by atoms with Gasteiger partial charge in [-0.05, 0) is 24.3 Å². The van der Waals surface area contributed by atoms with Crippen molar-refractivity contribution in [3.63, 3.8) is 0 Å². The molecule has 3 amide bonds. The van der Waals surface area contributed by atoms with E-state index in [-0.39, 0.29) is 18.7 Å². The molecule has 0 saturated heterocycles. The van der Waals surface area contributed by atoms with E-state index >= 15 is 0 Å². The van der Waals surface area contributed by atoms with Gasteiger partial charge in [0.1, 0.15) is 5.75 Å². The molecule has 0 bridgehead atoms. The highest BCUT2D eigenvalue weighted by molar-refractivity contribution is 5.88. The lowest BCUT2D eigenvalue weighted by molar-refractivity contribution is -0.123. The van der Waals surface area contributed by atoms with Crippen LogP contribution in [0, 0.1) is 0 Å². The minimum Gasteiger partial charge on any atom is -0.483 e. The zero-order valence-electron chi connectivity index (χ0n) is 14.1. The van der Waals surface area contributed by atoms with Gasteiger partial charge in [-0.2, -0.15) is 0 Å². The second-order valence-corrected chi connectivity index (χ2v) is 6.25. The van der Waals surface area contributed by atoms with Gasteiger partial charge < -0.3 is 10.1 Å². The Kier molecular flexibility index (Phi) is 5.72. The zero-order chi connectivity index (χ0) is 17.5. The predicted octanol–water partition coefficient (Wildman–Crippen LogP) is 2.88. The molecule has 3 rings (SSSR count). The Bertz CT molecular complexity index is 736. The van der Waals surface area contributed by atoms with Gasteiger partial charge in [0.05, 0.1) is 0 Å². The van der Waals surface area contributed by atoms with Crippen molar-refractivity contribution in [3.8, 4) is 5.75 Å². The van der Waals surface area contributed by atoms with Gasteiger partial charge in [0, 0.05) is 11.4 Å². The molecule has 0 unspecified atom stereocenters. The van der Waals surface area contributed by atoms with Crippen molar-refractivity contribution in [1.29, 1.82) is 0 Å². The number of hydrogen-bond donors (Lipinski definition) is 3. The molecule has 1 saturated carbocycles. The number of carbonyl (C=O) groups is 2. The van der Waals surface area contributed by atoms with Crippen LogP contribution in [0.2, 0.25) is 0 Å². The molecule has 0 aliphatic heterocycles. The number of ether oxygens (including phenoxy) is 1. The largest absolute Gasteiger partial charge is 0.483 e. The standard InChI is InChI=1S/C19H23N3O3/c23-18(21-22-19(24)20-15-9-2-1-3-10-15)13-25-17-12-6-8-14-7-4-5-11-16(14)17/h4-8,11-12,15H,1-3,9-10,13H2,(H,21,23)(H2,20,22,24). The average molecular weight is 341 g/mol. The summed E-state index contributed by atoms with van der Waals surface area (Å²) >= 11 is 0. The van der Waals surface area contributed by atoms with Crippen molar-refractivity contribution in [2.45, 2.75) is 38.1 Å². The summed E-state index contributed by atoms with van der Waals surface area (Å²) < 4.78 is 5.58. The molecule has 1 aliphatic carbocycles. The summed E-state index contributed by atoms with van der Waals surface area (Å²) in [7, 11) is 0. The summed E-state index contributed by atoms with van der Waals surface area (Å²) in [4.78, 5) is 23.7. The topological polar surface area (TPSA) is 79.5 Å². The van der Waals surface area contributed by atoms with Gasteiger partial charge in [0.15, 0.2) is 6.61 Å². The molecule has 6 heteroatoms. The van der Waals surface area contributed by atoms with E-state index in [1.54, 1.807) is 0 Å². The summed E-state index contributed by atoms with van der Waals surface area (Å²) in [5, 5.41) is 4.86. The minimum absolute atomic E-state index is 0.169. The molecule has 2 aromatic rings. The van der Waals surface area contributed by atoms with Crippen molar-refractivity contribution >= 4 is 22.7 Å². The first-order valence-electron chi connectivity index (χ1n) is 8.68. The van der Waals surface area contributed by atoms with Gasteiger partial charge >= 0.3 is 6.03 Å². The lowest BCUT2D eigenvalue weighted by Crippen LogP contribution is -2.51. The van der Waals surface area contributed by atoms with Crippen LogP contribution in [0.15, 0.2) is 42.5 Å². The minimum atomic E-state index is -0.410. The van der Waals surface area contributed by atoms with Crippen LogP contribution in [0.3, 0.4) is 0 Å². The Morgan fingerprint density at radius 3 is 2.56 bits per heavy atom. The Hall–Kier alpha value is -2.76. The van der Waals surface area contributed by atoms with E-state index < -0.39 is 5.91 Å². The second kappa shape index (κ2) is 8.37. The summed E-state index contributed by atoms with van der Waals surface area (Å²) in [6.07, 6.45) is 5.48. The number of amides is 3. The molecule has 0 heterocycles. The molecule has 132 valence electrons. The van der Waals surface area contributed by atoms with Crippen molar-refractivity contribution in [2.75, 3.05) is 6.61 Å². The van der Waals surface area contributed by atoms with Gasteiger partial charge in [0.2, 0.25) is 0 Å². The number of urea groups is 1. The highest BCUT2D eigenvalue weighted by Crippen LogP contribution is 2.24. The number of fused-ring (bicyclic) bond motifs is 1. The van der Waals surface area contributed by atoms with Crippen LogP contribution < -0.4 is 20.9 Å². The molecule has 25 heavy (non-hydrogen) atoms. The predicted molar refractivity (Wildman–Crippen MR) is 96.1 cm³/mol. The molecule has 1 fully saturated rings. The van der Waals surface area contributed by atoms with E-state index in [9.17, 15) is 9.59 Å². The first-order chi connectivity index (χ1) is 12.2. The van der Waals surface area contributed by atoms with E-state index in [1.807, 2.05) is 42.5 Å². The van der Waals surface area contributed by atoms with E-state index in [0.717, 1.165) is 36.5 Å². The smallest absolute Gasteiger partial charge is 0.333 e. The van der Waals surface area contributed by atoms with E-state index in [2.05, 4.69) is 16.2 Å². The fourth-order valence-electron chi connectivity index (χ4n) is 3.10. The molecule has 0 radical (unpaired) electrons. The average Bonchev–Trinajstić information content (AvgIpc) is 2.65. The quantitative estimate of drug-likeness (QED) is 0.748. The van der Waals surface area contributed by atoms with Crippen LogP contribution >= 0.6 is 0 Å². The van der Waals surface area contributed by atoms with Crippen molar-refractivity contribution in [1.82, 2.24) is 16.2 Å². The molecular weight excluding hydrogens is 318 g/mol. The molecular formula is C19H23N3O3. The third-order valence-electron chi connectivity index (χ3n) is 4.36. The molecule has 0 aromatic heterocycles. The Labute approximate surface area is 146 Å². The summed E-state index contributed by atoms with van der Waals surface area (Å²) in [5.41, 5.74) is 4.74. The zero-order valence-corrected chi connectivity index (χ0v) is 14.1. The van der Waals surface area contributed by atoms with Gasteiger partial charge in [-0.3, -0.25) is 10.2 Å². The van der Waals surface area contributed by atoms with E-state index in [1.165, 1.54) is 6.42 Å². The summed E-state index contributed by atoms with van der Waals surface area (Å²) in [6.45, 7) is -0.169. The molecule has 0 spiro atoms. The Morgan fingerprint density at radius 1 is 0.960 bits per heavy atom. The van der Waals surface area contributed by atoms with Crippen LogP contribution in [-0.2, 0) is 4.79 Å². The third-order valence-corrected chi connectivity index (χ3v) is 4.36. The SMILES string of the molecule is O=C(COc1cccc2ccccc12)NNC(=O)NC1CCCCC1. The van der Waals surface area contributed by atoms with Crippen LogP contribution in [0.25, 0.3) is 10.8 Å². The number of rotatable bonds is 4. The number of benzene rings is 2. The van der Waals surface area contributed by atoms with Crippen LogP contribution in [-0.4, -0.2) is 24.6 Å². The fraction of sp³-hybridized carbons (Fsp3) is 0.368. The number of hydrogen-bond acceptors (Lipinski definition) is 3. The van der Waals surface area contributed by atoms with Crippen LogP contribution in [0.1, 0.15) is 32.1 Å². The number of hydrazine groups is 1. The first-order valence-corrected chi connectivity index (χ1v) is 8.68. The second-order valence-electron chi connectivity index (χ2n) is 6.25. The maximum Gasteiger partial charge on any atom is 0.333 e. The van der Waals surface area contributed by atoms with Crippen molar-refractivity contribution < 1.29 is 14.3 Å². The lowest BCUT2D eigenvalue weighted by atomic mass is 9.96. The number of carbonyl (C=O) groups excluding carboxylic acids is 2. The van der Waals surface area contributed by atoms with Crippen LogP contribution in [0.5, 0.6) is 5.75 Å². The van der Waals surface area contributed by atoms with Gasteiger partial charge in [-0.15, -0.1) is 0 Å². The highest BCUT2D eigenvalue weighted by Gasteiger charge is 2.15. The Morgan fingerprint density at radius 2 is 1.72 bits per heavy atom. The number of nitrogens with one attached hydrogen (secondary N) is 3. The Balaban J connectivity index is 1.44. The highest BCUT2D eigenvalue weighted by atomic mass is 16.5. The van der Waals surface area contributed by atoms with E-state index in [0.29, 0.717) is 5.75 Å². The van der Waals surface area contributed by atoms with E-state index in [4.69, 9.17) is 4.74 Å². The monoisotopic (exact) mass is 341 g/mol.